The third kappa shape index (κ3) is 4.84. The van der Waals surface area contributed by atoms with Gasteiger partial charge in [-0.2, -0.15) is 0 Å². The number of amides is 1. The molecule has 0 saturated carbocycles. The molecule has 1 heterocycles. The standard InChI is InChI=1S/C17H24N2O3/c1-22-17(21)14-9-5-6-10-15(14)18-16(20)13-19-11-7-3-2-4-8-12-19/h5-6,9-10H,2-4,7-8,11-13H2,1H3,(H,18,20)/p+1. The van der Waals surface area contributed by atoms with Crippen molar-refractivity contribution in [2.45, 2.75) is 32.1 Å². The monoisotopic (exact) mass is 305 g/mol. The first-order valence-corrected chi connectivity index (χ1v) is 8.01. The number of benzene rings is 1. The molecule has 2 rings (SSSR count). The van der Waals surface area contributed by atoms with Crippen molar-refractivity contribution in [1.29, 1.82) is 0 Å². The number of anilines is 1. The molecule has 2 N–H and O–H groups in total. The molecular weight excluding hydrogens is 280 g/mol. The molecule has 0 spiro atoms. The van der Waals surface area contributed by atoms with E-state index >= 15 is 0 Å². The van der Waals surface area contributed by atoms with Gasteiger partial charge >= 0.3 is 5.97 Å². The quantitative estimate of drug-likeness (QED) is 0.823. The number of carbonyl (C=O) groups excluding carboxylic acids is 2. The maximum atomic E-state index is 12.3. The lowest BCUT2D eigenvalue weighted by Gasteiger charge is -2.21. The SMILES string of the molecule is COC(=O)c1ccccc1NC(=O)C[NH+]1CCCCCCC1. The Bertz CT molecular complexity index is 508. The zero-order chi connectivity index (χ0) is 15.8. The van der Waals surface area contributed by atoms with Gasteiger partial charge in [0, 0.05) is 0 Å². The van der Waals surface area contributed by atoms with Crippen LogP contribution < -0.4 is 10.2 Å². The Morgan fingerprint density at radius 2 is 1.73 bits per heavy atom. The molecule has 5 nitrogen and oxygen atoms in total. The predicted octanol–water partition coefficient (Wildman–Crippen LogP) is 1.26. The molecule has 0 atom stereocenters. The highest BCUT2D eigenvalue weighted by Gasteiger charge is 2.18. The minimum Gasteiger partial charge on any atom is -0.465 e. The first-order chi connectivity index (χ1) is 10.7. The first kappa shape index (κ1) is 16.5. The molecule has 0 aliphatic carbocycles. The van der Waals surface area contributed by atoms with Crippen molar-refractivity contribution < 1.29 is 19.2 Å². The van der Waals surface area contributed by atoms with Gasteiger partial charge in [0.15, 0.2) is 6.54 Å². The molecule has 0 aromatic heterocycles. The number of quaternary nitrogens is 1. The number of methoxy groups -OCH3 is 1. The van der Waals surface area contributed by atoms with Crippen LogP contribution in [0.1, 0.15) is 42.5 Å². The summed E-state index contributed by atoms with van der Waals surface area (Å²) in [4.78, 5) is 25.3. The third-order valence-corrected chi connectivity index (χ3v) is 4.08. The van der Waals surface area contributed by atoms with Crippen molar-refractivity contribution in [3.8, 4) is 0 Å². The van der Waals surface area contributed by atoms with E-state index in [9.17, 15) is 9.59 Å². The Labute approximate surface area is 131 Å². The first-order valence-electron chi connectivity index (χ1n) is 8.01. The van der Waals surface area contributed by atoms with E-state index in [1.165, 1.54) is 44.1 Å². The Morgan fingerprint density at radius 1 is 1.09 bits per heavy atom. The van der Waals surface area contributed by atoms with Crippen molar-refractivity contribution in [1.82, 2.24) is 0 Å². The van der Waals surface area contributed by atoms with E-state index in [4.69, 9.17) is 4.74 Å². The van der Waals surface area contributed by atoms with Gasteiger partial charge in [-0.3, -0.25) is 4.79 Å². The van der Waals surface area contributed by atoms with E-state index in [2.05, 4.69) is 5.32 Å². The van der Waals surface area contributed by atoms with Gasteiger partial charge in [0.2, 0.25) is 0 Å². The number of para-hydroxylation sites is 1. The zero-order valence-corrected chi connectivity index (χ0v) is 13.2. The molecule has 1 aliphatic rings. The average molecular weight is 305 g/mol. The Morgan fingerprint density at radius 3 is 2.41 bits per heavy atom. The van der Waals surface area contributed by atoms with Crippen LogP contribution in [0.15, 0.2) is 24.3 Å². The number of hydrogen-bond donors (Lipinski definition) is 2. The highest BCUT2D eigenvalue weighted by Crippen LogP contribution is 2.15. The minimum absolute atomic E-state index is 0.0491. The van der Waals surface area contributed by atoms with Crippen molar-refractivity contribution in [3.63, 3.8) is 0 Å². The average Bonchev–Trinajstić information content (AvgIpc) is 2.49. The molecule has 1 aromatic carbocycles. The number of hydrogen-bond acceptors (Lipinski definition) is 3. The molecular formula is C17H25N2O3+. The molecule has 1 aromatic rings. The minimum atomic E-state index is -0.436. The van der Waals surface area contributed by atoms with Gasteiger partial charge in [-0.1, -0.05) is 18.6 Å². The van der Waals surface area contributed by atoms with Crippen molar-refractivity contribution in [3.05, 3.63) is 29.8 Å². The van der Waals surface area contributed by atoms with E-state index in [1.807, 2.05) is 0 Å². The van der Waals surface area contributed by atoms with Gasteiger partial charge in [0.25, 0.3) is 5.91 Å². The summed E-state index contributed by atoms with van der Waals surface area (Å²) in [6.07, 6.45) is 6.20. The lowest BCUT2D eigenvalue weighted by Crippen LogP contribution is -3.13. The third-order valence-electron chi connectivity index (χ3n) is 4.08. The van der Waals surface area contributed by atoms with Crippen LogP contribution >= 0.6 is 0 Å². The van der Waals surface area contributed by atoms with Crippen LogP contribution in [0, 0.1) is 0 Å². The molecule has 1 amide bonds. The summed E-state index contributed by atoms with van der Waals surface area (Å²) in [5.41, 5.74) is 0.909. The fourth-order valence-electron chi connectivity index (χ4n) is 2.88. The second-order valence-corrected chi connectivity index (χ2v) is 5.78. The van der Waals surface area contributed by atoms with Crippen LogP contribution in [-0.2, 0) is 9.53 Å². The summed E-state index contributed by atoms with van der Waals surface area (Å²) in [6.45, 7) is 2.55. The highest BCUT2D eigenvalue weighted by molar-refractivity contribution is 6.01. The lowest BCUT2D eigenvalue weighted by atomic mass is 10.1. The molecule has 120 valence electrons. The fraction of sp³-hybridized carbons (Fsp3) is 0.529. The molecule has 1 fully saturated rings. The zero-order valence-electron chi connectivity index (χ0n) is 13.2. The topological polar surface area (TPSA) is 59.8 Å². The molecule has 22 heavy (non-hydrogen) atoms. The number of rotatable bonds is 4. The van der Waals surface area contributed by atoms with Crippen molar-refractivity contribution in [2.24, 2.45) is 0 Å². The van der Waals surface area contributed by atoms with E-state index in [-0.39, 0.29) is 5.91 Å². The normalized spacial score (nSPS) is 16.4. The summed E-state index contributed by atoms with van der Waals surface area (Å²) in [5.74, 6) is -0.485. The summed E-state index contributed by atoms with van der Waals surface area (Å²) in [7, 11) is 1.34. The number of esters is 1. The smallest absolute Gasteiger partial charge is 0.339 e. The molecule has 5 heteroatoms. The van der Waals surface area contributed by atoms with Crippen LogP contribution in [0.4, 0.5) is 5.69 Å². The van der Waals surface area contributed by atoms with Gasteiger partial charge in [-0.15, -0.1) is 0 Å². The van der Waals surface area contributed by atoms with E-state index in [1.54, 1.807) is 24.3 Å². The number of ether oxygens (including phenoxy) is 1. The highest BCUT2D eigenvalue weighted by atomic mass is 16.5. The van der Waals surface area contributed by atoms with Crippen molar-refractivity contribution in [2.75, 3.05) is 32.1 Å². The van der Waals surface area contributed by atoms with Crippen LogP contribution in [0.2, 0.25) is 0 Å². The van der Waals surface area contributed by atoms with E-state index in [0.717, 1.165) is 13.1 Å². The number of carbonyl (C=O) groups is 2. The van der Waals surface area contributed by atoms with Gasteiger partial charge in [-0.25, -0.2) is 4.79 Å². The largest absolute Gasteiger partial charge is 0.465 e. The van der Waals surface area contributed by atoms with Crippen molar-refractivity contribution >= 4 is 17.6 Å². The summed E-state index contributed by atoms with van der Waals surface area (Å²) >= 11 is 0. The fourth-order valence-corrected chi connectivity index (χ4v) is 2.88. The Balaban J connectivity index is 1.95. The van der Waals surface area contributed by atoms with E-state index in [0.29, 0.717) is 17.8 Å². The summed E-state index contributed by atoms with van der Waals surface area (Å²) in [5, 5.41) is 2.85. The van der Waals surface area contributed by atoms with Gasteiger partial charge in [0.1, 0.15) is 0 Å². The maximum absolute atomic E-state index is 12.3. The predicted molar refractivity (Wildman–Crippen MR) is 85.1 cm³/mol. The second-order valence-electron chi connectivity index (χ2n) is 5.78. The van der Waals surface area contributed by atoms with Crippen LogP contribution in [0.5, 0.6) is 0 Å². The van der Waals surface area contributed by atoms with Gasteiger partial charge in [0.05, 0.1) is 31.5 Å². The van der Waals surface area contributed by atoms with Crippen LogP contribution in [0.3, 0.4) is 0 Å². The van der Waals surface area contributed by atoms with Crippen LogP contribution in [-0.4, -0.2) is 38.6 Å². The maximum Gasteiger partial charge on any atom is 0.339 e. The lowest BCUT2D eigenvalue weighted by molar-refractivity contribution is -0.892. The Kier molecular flexibility index (Phi) is 6.40. The molecule has 0 unspecified atom stereocenters. The van der Waals surface area contributed by atoms with Gasteiger partial charge in [-0.05, 0) is 37.8 Å². The molecule has 1 aliphatic heterocycles. The Hall–Kier alpha value is -1.88. The van der Waals surface area contributed by atoms with E-state index < -0.39 is 5.97 Å². The summed E-state index contributed by atoms with van der Waals surface area (Å²) in [6, 6.07) is 6.94. The number of likely N-dealkylation sites (tertiary alicyclic amines) is 1. The molecule has 1 saturated heterocycles. The molecule has 0 radical (unpaired) electrons. The number of nitrogens with one attached hydrogen (secondary N) is 2. The molecule has 0 bridgehead atoms. The second kappa shape index (κ2) is 8.54. The van der Waals surface area contributed by atoms with Gasteiger partial charge < -0.3 is 15.0 Å². The summed E-state index contributed by atoms with van der Waals surface area (Å²) < 4.78 is 4.74. The van der Waals surface area contributed by atoms with Crippen LogP contribution in [0.25, 0.3) is 0 Å².